The van der Waals surface area contributed by atoms with E-state index in [1.807, 2.05) is 24.5 Å². The maximum Gasteiger partial charge on any atom is 0.240 e. The molecule has 0 aliphatic carbocycles. The van der Waals surface area contributed by atoms with Gasteiger partial charge in [-0.05, 0) is 12.0 Å². The van der Waals surface area contributed by atoms with Crippen molar-refractivity contribution in [3.05, 3.63) is 24.3 Å². The number of aromatic nitrogens is 3. The highest BCUT2D eigenvalue weighted by Crippen LogP contribution is 2.26. The fraction of sp³-hybridized carbons (Fsp3) is 0.417. The predicted molar refractivity (Wildman–Crippen MR) is 70.2 cm³/mol. The van der Waals surface area contributed by atoms with Crippen LogP contribution in [-0.4, -0.2) is 20.4 Å². The number of rotatable bonds is 4. The summed E-state index contributed by atoms with van der Waals surface area (Å²) < 4.78 is 1.82. The summed E-state index contributed by atoms with van der Waals surface area (Å²) in [6.07, 6.45) is 3.32. The van der Waals surface area contributed by atoms with E-state index < -0.39 is 6.04 Å². The second-order valence-corrected chi connectivity index (χ2v) is 4.75. The molecule has 2 rings (SSSR count). The number of imidazole rings is 1. The van der Waals surface area contributed by atoms with Crippen LogP contribution in [0.1, 0.15) is 25.7 Å². The predicted octanol–water partition coefficient (Wildman–Crippen LogP) is 1.85. The van der Waals surface area contributed by atoms with Gasteiger partial charge in [0.2, 0.25) is 5.91 Å². The number of alkyl halides is 1. The summed E-state index contributed by atoms with van der Waals surface area (Å²) >= 11 is 5.90. The Morgan fingerprint density at radius 3 is 2.83 bits per heavy atom. The number of pyridine rings is 1. The Hall–Kier alpha value is -1.62. The summed E-state index contributed by atoms with van der Waals surface area (Å²) in [5, 5.41) is 0. The lowest BCUT2D eigenvalue weighted by Gasteiger charge is -2.21. The molecule has 0 aliphatic heterocycles. The minimum atomic E-state index is -0.453. The van der Waals surface area contributed by atoms with Gasteiger partial charge in [-0.15, -0.1) is 11.6 Å². The van der Waals surface area contributed by atoms with Gasteiger partial charge in [0.1, 0.15) is 17.4 Å². The van der Waals surface area contributed by atoms with E-state index in [1.165, 1.54) is 0 Å². The molecule has 1 unspecified atom stereocenters. The quantitative estimate of drug-likeness (QED) is 0.859. The van der Waals surface area contributed by atoms with E-state index in [0.29, 0.717) is 5.82 Å². The van der Waals surface area contributed by atoms with Gasteiger partial charge in [0, 0.05) is 6.20 Å². The van der Waals surface area contributed by atoms with Crippen molar-refractivity contribution in [2.24, 2.45) is 11.7 Å². The Bertz CT molecular complexity index is 578. The molecule has 5 nitrogen and oxygen atoms in total. The number of carbonyl (C=O) groups is 1. The van der Waals surface area contributed by atoms with Gasteiger partial charge in [0.05, 0.1) is 17.6 Å². The molecule has 0 fully saturated rings. The first kappa shape index (κ1) is 12.8. The van der Waals surface area contributed by atoms with Crippen molar-refractivity contribution in [2.75, 3.05) is 0 Å². The van der Waals surface area contributed by atoms with Crippen molar-refractivity contribution in [1.29, 1.82) is 0 Å². The Kier molecular flexibility index (Phi) is 3.52. The number of carbonyl (C=O) groups excluding carboxylic acids is 1. The minimum Gasteiger partial charge on any atom is -0.368 e. The molecule has 1 atom stereocenters. The molecule has 96 valence electrons. The molecule has 0 spiro atoms. The summed E-state index contributed by atoms with van der Waals surface area (Å²) in [6, 6.07) is 1.36. The smallest absolute Gasteiger partial charge is 0.240 e. The van der Waals surface area contributed by atoms with Gasteiger partial charge in [-0.2, -0.15) is 0 Å². The molecule has 0 aromatic carbocycles. The molecule has 0 radical (unpaired) electrons. The zero-order valence-corrected chi connectivity index (χ0v) is 11.1. The average Bonchev–Trinajstić information content (AvgIpc) is 2.67. The van der Waals surface area contributed by atoms with Gasteiger partial charge in [-0.25, -0.2) is 4.98 Å². The lowest BCUT2D eigenvalue weighted by molar-refractivity contribution is -0.122. The lowest BCUT2D eigenvalue weighted by atomic mass is 10.0. The molecule has 1 amide bonds. The number of halogens is 1. The van der Waals surface area contributed by atoms with Crippen molar-refractivity contribution in [3.8, 4) is 0 Å². The summed E-state index contributed by atoms with van der Waals surface area (Å²) in [5.74, 6) is 0.547. The highest BCUT2D eigenvalue weighted by molar-refractivity contribution is 6.16. The molecular formula is C12H15ClN4O. The van der Waals surface area contributed by atoms with Gasteiger partial charge in [-0.1, -0.05) is 13.8 Å². The first-order valence-electron chi connectivity index (χ1n) is 5.72. The van der Waals surface area contributed by atoms with E-state index in [2.05, 4.69) is 9.97 Å². The highest BCUT2D eigenvalue weighted by atomic mass is 35.5. The summed E-state index contributed by atoms with van der Waals surface area (Å²) in [4.78, 5) is 20.1. The minimum absolute atomic E-state index is 0.0648. The van der Waals surface area contributed by atoms with E-state index in [9.17, 15) is 4.79 Å². The third-order valence-corrected chi connectivity index (χ3v) is 3.12. The van der Waals surface area contributed by atoms with Crippen LogP contribution in [0.15, 0.2) is 18.5 Å². The molecule has 0 saturated heterocycles. The number of amides is 1. The van der Waals surface area contributed by atoms with Crippen LogP contribution in [0.2, 0.25) is 0 Å². The van der Waals surface area contributed by atoms with Crippen LogP contribution in [0, 0.1) is 5.92 Å². The topological polar surface area (TPSA) is 73.8 Å². The lowest BCUT2D eigenvalue weighted by Crippen LogP contribution is -2.31. The number of hydrogen-bond acceptors (Lipinski definition) is 3. The molecule has 0 aliphatic rings. The zero-order chi connectivity index (χ0) is 13.3. The van der Waals surface area contributed by atoms with Crippen LogP contribution in [0.3, 0.4) is 0 Å². The maximum absolute atomic E-state index is 11.7. The maximum atomic E-state index is 11.7. The normalized spacial score (nSPS) is 13.1. The van der Waals surface area contributed by atoms with Crippen LogP contribution in [-0.2, 0) is 10.7 Å². The third kappa shape index (κ3) is 2.06. The first-order chi connectivity index (χ1) is 8.56. The van der Waals surface area contributed by atoms with Crippen molar-refractivity contribution < 1.29 is 4.79 Å². The fourth-order valence-corrected chi connectivity index (χ4v) is 2.35. The Balaban J connectivity index is 2.70. The van der Waals surface area contributed by atoms with E-state index in [-0.39, 0.29) is 17.7 Å². The van der Waals surface area contributed by atoms with Crippen molar-refractivity contribution in [1.82, 2.24) is 14.5 Å². The standard InChI is InChI=1S/C12H15ClN4O/c1-7(2)11(12(14)18)17-9-3-4-15-6-8(9)16-10(17)5-13/h3-4,6-7,11H,5H2,1-2H3,(H2,14,18). The van der Waals surface area contributed by atoms with Crippen LogP contribution in [0.5, 0.6) is 0 Å². The first-order valence-corrected chi connectivity index (χ1v) is 6.25. The Morgan fingerprint density at radius 2 is 2.28 bits per heavy atom. The Morgan fingerprint density at radius 1 is 1.56 bits per heavy atom. The summed E-state index contributed by atoms with van der Waals surface area (Å²) in [7, 11) is 0. The number of nitrogens with two attached hydrogens (primary N) is 1. The van der Waals surface area contributed by atoms with Gasteiger partial charge in [0.15, 0.2) is 0 Å². The number of hydrogen-bond donors (Lipinski definition) is 1. The van der Waals surface area contributed by atoms with E-state index in [4.69, 9.17) is 17.3 Å². The Labute approximate surface area is 110 Å². The zero-order valence-electron chi connectivity index (χ0n) is 10.3. The number of fused-ring (bicyclic) bond motifs is 1. The van der Waals surface area contributed by atoms with Crippen molar-refractivity contribution in [2.45, 2.75) is 25.8 Å². The van der Waals surface area contributed by atoms with Crippen LogP contribution in [0.4, 0.5) is 0 Å². The second-order valence-electron chi connectivity index (χ2n) is 4.49. The van der Waals surface area contributed by atoms with Crippen molar-refractivity contribution >= 4 is 28.5 Å². The molecule has 2 heterocycles. The summed E-state index contributed by atoms with van der Waals surface area (Å²) in [5.41, 5.74) is 7.05. The number of nitrogens with zero attached hydrogens (tertiary/aromatic N) is 3. The van der Waals surface area contributed by atoms with Crippen LogP contribution in [0.25, 0.3) is 11.0 Å². The summed E-state index contributed by atoms with van der Waals surface area (Å²) in [6.45, 7) is 3.89. The molecule has 2 aromatic heterocycles. The third-order valence-electron chi connectivity index (χ3n) is 2.89. The molecule has 18 heavy (non-hydrogen) atoms. The van der Waals surface area contributed by atoms with Gasteiger partial charge in [0.25, 0.3) is 0 Å². The van der Waals surface area contributed by atoms with Gasteiger partial charge < -0.3 is 10.3 Å². The monoisotopic (exact) mass is 266 g/mol. The molecule has 0 saturated carbocycles. The fourth-order valence-electron chi connectivity index (χ4n) is 2.16. The van der Waals surface area contributed by atoms with Crippen LogP contribution >= 0.6 is 11.6 Å². The molecular weight excluding hydrogens is 252 g/mol. The molecule has 6 heteroatoms. The average molecular weight is 267 g/mol. The molecule has 0 bridgehead atoms. The van der Waals surface area contributed by atoms with E-state index >= 15 is 0 Å². The van der Waals surface area contributed by atoms with E-state index in [0.717, 1.165) is 11.0 Å². The van der Waals surface area contributed by atoms with Gasteiger partial charge >= 0.3 is 0 Å². The number of primary amides is 1. The molecule has 2 N–H and O–H groups in total. The van der Waals surface area contributed by atoms with E-state index in [1.54, 1.807) is 12.4 Å². The highest BCUT2D eigenvalue weighted by Gasteiger charge is 2.26. The second kappa shape index (κ2) is 4.94. The SMILES string of the molecule is CC(C)C(C(N)=O)n1c(CCl)nc2cnccc21. The van der Waals surface area contributed by atoms with Gasteiger partial charge in [-0.3, -0.25) is 9.78 Å². The largest absolute Gasteiger partial charge is 0.368 e. The van der Waals surface area contributed by atoms with Crippen molar-refractivity contribution in [3.63, 3.8) is 0 Å². The molecule has 2 aromatic rings. The van der Waals surface area contributed by atoms with Crippen LogP contribution < -0.4 is 5.73 Å².